The first-order chi connectivity index (χ1) is 13.5. The molecule has 1 aromatic heterocycles. The third-order valence-corrected chi connectivity index (χ3v) is 4.79. The molecule has 2 heterocycles. The summed E-state index contributed by atoms with van der Waals surface area (Å²) in [6.45, 7) is 4.05. The van der Waals surface area contributed by atoms with E-state index in [4.69, 9.17) is 4.74 Å². The van der Waals surface area contributed by atoms with Crippen LogP contribution in [-0.2, 0) is 6.54 Å². The molecule has 28 heavy (non-hydrogen) atoms. The molecule has 152 valence electrons. The lowest BCUT2D eigenvalue weighted by Gasteiger charge is -2.33. The van der Waals surface area contributed by atoms with Gasteiger partial charge in [0.05, 0.1) is 6.61 Å². The van der Waals surface area contributed by atoms with E-state index >= 15 is 0 Å². The Hall–Kier alpha value is -2.41. The molecule has 1 saturated heterocycles. The van der Waals surface area contributed by atoms with Crippen LogP contribution in [0, 0.1) is 6.92 Å². The summed E-state index contributed by atoms with van der Waals surface area (Å²) < 4.78 is 35.1. The van der Waals surface area contributed by atoms with Crippen molar-refractivity contribution < 1.29 is 18.3 Å². The number of rotatable bonds is 8. The van der Waals surface area contributed by atoms with Crippen LogP contribution in [0.3, 0.4) is 0 Å². The Morgan fingerprint density at radius 1 is 1.18 bits per heavy atom. The van der Waals surface area contributed by atoms with Crippen LogP contribution < -0.4 is 14.8 Å². The number of pyridine rings is 1. The highest BCUT2D eigenvalue weighted by atomic mass is 19.3. The second-order valence-electron chi connectivity index (χ2n) is 6.97. The van der Waals surface area contributed by atoms with E-state index in [0.717, 1.165) is 49.4 Å². The van der Waals surface area contributed by atoms with Crippen molar-refractivity contribution in [2.75, 3.05) is 25.0 Å². The summed E-state index contributed by atoms with van der Waals surface area (Å²) in [5.74, 6) is 0.445. The van der Waals surface area contributed by atoms with Crippen molar-refractivity contribution in [2.45, 2.75) is 45.9 Å². The number of hydrogen-bond donors (Lipinski definition) is 1. The number of anilines is 1. The summed E-state index contributed by atoms with van der Waals surface area (Å²) in [4.78, 5) is 6.59. The van der Waals surface area contributed by atoms with Crippen LogP contribution >= 0.6 is 0 Å². The maximum Gasteiger partial charge on any atom is 0.387 e. The summed E-state index contributed by atoms with van der Waals surface area (Å²) in [7, 11) is 0. The zero-order valence-corrected chi connectivity index (χ0v) is 16.3. The normalized spacial score (nSPS) is 15.6. The number of hydrogen-bond acceptors (Lipinski definition) is 5. The zero-order valence-electron chi connectivity index (χ0n) is 16.3. The lowest BCUT2D eigenvalue weighted by Crippen LogP contribution is -2.38. The van der Waals surface area contributed by atoms with E-state index in [2.05, 4.69) is 26.0 Å². The van der Waals surface area contributed by atoms with Gasteiger partial charge in [0.15, 0.2) is 11.5 Å². The van der Waals surface area contributed by atoms with Gasteiger partial charge in [-0.1, -0.05) is 6.07 Å². The molecule has 0 unspecified atom stereocenters. The van der Waals surface area contributed by atoms with E-state index in [1.807, 2.05) is 32.2 Å². The second kappa shape index (κ2) is 9.68. The molecule has 3 rings (SSSR count). The first kappa shape index (κ1) is 20.3. The average molecular weight is 391 g/mol. The van der Waals surface area contributed by atoms with Gasteiger partial charge in [-0.2, -0.15) is 8.78 Å². The fourth-order valence-corrected chi connectivity index (χ4v) is 3.48. The Bertz CT molecular complexity index is 765. The Kier molecular flexibility index (Phi) is 7.03. The summed E-state index contributed by atoms with van der Waals surface area (Å²) >= 11 is 0. The van der Waals surface area contributed by atoms with Crippen molar-refractivity contribution in [3.05, 3.63) is 47.8 Å². The highest BCUT2D eigenvalue weighted by Crippen LogP contribution is 2.30. The number of aromatic nitrogens is 1. The van der Waals surface area contributed by atoms with Crippen molar-refractivity contribution in [3.8, 4) is 11.5 Å². The molecule has 0 spiro atoms. The number of nitrogens with zero attached hydrogens (tertiary/aromatic N) is 2. The van der Waals surface area contributed by atoms with Crippen molar-refractivity contribution in [3.63, 3.8) is 0 Å². The molecule has 1 aromatic carbocycles. The molecule has 1 fully saturated rings. The molecule has 0 amide bonds. The number of ether oxygens (including phenoxy) is 2. The molecule has 1 N–H and O–H groups in total. The molecular formula is C21H27F2N3O2. The fraction of sp³-hybridized carbons (Fsp3) is 0.476. The number of aryl methyl sites for hydroxylation is 1. The minimum Gasteiger partial charge on any atom is -0.490 e. The van der Waals surface area contributed by atoms with Gasteiger partial charge >= 0.3 is 6.61 Å². The molecule has 0 aliphatic carbocycles. The van der Waals surface area contributed by atoms with Crippen molar-refractivity contribution >= 4 is 5.69 Å². The highest BCUT2D eigenvalue weighted by molar-refractivity contribution is 5.44. The van der Waals surface area contributed by atoms with E-state index < -0.39 is 6.61 Å². The van der Waals surface area contributed by atoms with Crippen LogP contribution in [0.1, 0.15) is 31.0 Å². The summed E-state index contributed by atoms with van der Waals surface area (Å²) in [5, 5.41) is 3.58. The number of piperidine rings is 1. The SMILES string of the molecule is CCOc1cc(CN2CCC(Nc3ccnc(C)c3)CC2)ccc1OC(F)F. The molecular weight excluding hydrogens is 364 g/mol. The predicted molar refractivity (Wildman–Crippen MR) is 105 cm³/mol. The smallest absolute Gasteiger partial charge is 0.387 e. The van der Waals surface area contributed by atoms with Gasteiger partial charge in [-0.15, -0.1) is 0 Å². The van der Waals surface area contributed by atoms with Gasteiger partial charge in [-0.25, -0.2) is 0 Å². The van der Waals surface area contributed by atoms with Crippen LogP contribution in [0.15, 0.2) is 36.5 Å². The van der Waals surface area contributed by atoms with E-state index in [1.165, 1.54) is 0 Å². The Morgan fingerprint density at radius 3 is 2.64 bits per heavy atom. The van der Waals surface area contributed by atoms with Gasteiger partial charge in [-0.3, -0.25) is 9.88 Å². The fourth-order valence-electron chi connectivity index (χ4n) is 3.48. The van der Waals surface area contributed by atoms with Gasteiger partial charge < -0.3 is 14.8 Å². The van der Waals surface area contributed by atoms with Crippen LogP contribution in [0.4, 0.5) is 14.5 Å². The van der Waals surface area contributed by atoms with Crippen molar-refractivity contribution in [1.82, 2.24) is 9.88 Å². The molecule has 1 aliphatic rings. The lowest BCUT2D eigenvalue weighted by molar-refractivity contribution is -0.0514. The zero-order chi connectivity index (χ0) is 19.9. The third-order valence-electron chi connectivity index (χ3n) is 4.79. The first-order valence-electron chi connectivity index (χ1n) is 9.65. The van der Waals surface area contributed by atoms with Gasteiger partial charge in [0.2, 0.25) is 0 Å². The van der Waals surface area contributed by atoms with Crippen molar-refractivity contribution in [2.24, 2.45) is 0 Å². The number of benzene rings is 1. The molecule has 0 atom stereocenters. The second-order valence-corrected chi connectivity index (χ2v) is 6.97. The van der Waals surface area contributed by atoms with Crippen LogP contribution in [0.25, 0.3) is 0 Å². The summed E-state index contributed by atoms with van der Waals surface area (Å²) in [6, 6.07) is 9.68. The van der Waals surface area contributed by atoms with Gasteiger partial charge in [-0.05, 0) is 56.5 Å². The molecule has 7 heteroatoms. The van der Waals surface area contributed by atoms with Gasteiger partial charge in [0.1, 0.15) is 0 Å². The third kappa shape index (κ3) is 5.79. The highest BCUT2D eigenvalue weighted by Gasteiger charge is 2.20. The van der Waals surface area contributed by atoms with Gasteiger partial charge in [0, 0.05) is 43.3 Å². The largest absolute Gasteiger partial charge is 0.490 e. The summed E-state index contributed by atoms with van der Waals surface area (Å²) in [6.07, 6.45) is 3.92. The van der Waals surface area contributed by atoms with Crippen LogP contribution in [0.5, 0.6) is 11.5 Å². The quantitative estimate of drug-likeness (QED) is 0.720. The minimum absolute atomic E-state index is 0.0798. The molecule has 0 radical (unpaired) electrons. The number of likely N-dealkylation sites (tertiary alicyclic amines) is 1. The van der Waals surface area contributed by atoms with Crippen LogP contribution in [0.2, 0.25) is 0 Å². The maximum absolute atomic E-state index is 12.5. The monoisotopic (exact) mass is 391 g/mol. The molecule has 0 bridgehead atoms. The number of nitrogens with one attached hydrogen (secondary N) is 1. The van der Waals surface area contributed by atoms with E-state index in [-0.39, 0.29) is 5.75 Å². The Morgan fingerprint density at radius 2 is 1.96 bits per heavy atom. The van der Waals surface area contributed by atoms with E-state index in [0.29, 0.717) is 18.4 Å². The van der Waals surface area contributed by atoms with E-state index in [9.17, 15) is 8.78 Å². The Balaban J connectivity index is 1.54. The molecule has 5 nitrogen and oxygen atoms in total. The average Bonchev–Trinajstić information content (AvgIpc) is 2.65. The standard InChI is InChI=1S/C21H27F2N3O2/c1-3-27-20-13-16(4-5-19(20)28-21(22)23)14-26-10-7-17(8-11-26)25-18-6-9-24-15(2)12-18/h4-6,9,12-13,17,21H,3,7-8,10-11,14H2,1-2H3,(H,24,25). The van der Waals surface area contributed by atoms with Crippen LogP contribution in [-0.4, -0.2) is 42.2 Å². The van der Waals surface area contributed by atoms with Gasteiger partial charge in [0.25, 0.3) is 0 Å². The summed E-state index contributed by atoms with van der Waals surface area (Å²) in [5.41, 5.74) is 3.15. The van der Waals surface area contributed by atoms with E-state index in [1.54, 1.807) is 12.1 Å². The first-order valence-corrected chi connectivity index (χ1v) is 9.65. The minimum atomic E-state index is -2.86. The molecule has 1 aliphatic heterocycles. The lowest BCUT2D eigenvalue weighted by atomic mass is 10.0. The number of halogens is 2. The predicted octanol–water partition coefficient (Wildman–Crippen LogP) is 4.47. The Labute approximate surface area is 164 Å². The molecule has 2 aromatic rings. The number of alkyl halides is 2. The topological polar surface area (TPSA) is 46.6 Å². The maximum atomic E-state index is 12.5. The molecule has 0 saturated carbocycles. The van der Waals surface area contributed by atoms with Crippen molar-refractivity contribution in [1.29, 1.82) is 0 Å².